The largest absolute Gasteiger partial charge is 0.496 e. The fourth-order valence-corrected chi connectivity index (χ4v) is 2.80. The highest BCUT2D eigenvalue weighted by molar-refractivity contribution is 8.13. The van der Waals surface area contributed by atoms with Gasteiger partial charge in [-0.1, -0.05) is 29.8 Å². The topological polar surface area (TPSA) is 52.6 Å². The number of hydrogen-bond donors (Lipinski definition) is 0. The van der Waals surface area contributed by atoms with E-state index in [1.165, 1.54) is 18.2 Å². The van der Waals surface area contributed by atoms with Crippen LogP contribution in [0.1, 0.15) is 5.56 Å². The molecule has 4 nitrogen and oxygen atoms in total. The second kappa shape index (κ2) is 6.56. The fraction of sp³-hybridized carbons (Fsp3) is 0.143. The van der Waals surface area contributed by atoms with E-state index < -0.39 is 9.05 Å². The van der Waals surface area contributed by atoms with Gasteiger partial charge in [0.2, 0.25) is 0 Å². The molecule has 0 aliphatic heterocycles. The number of benzene rings is 2. The van der Waals surface area contributed by atoms with E-state index in [0.717, 1.165) is 5.56 Å². The molecule has 21 heavy (non-hydrogen) atoms. The Kier molecular flexibility index (Phi) is 4.98. The Morgan fingerprint density at radius 2 is 1.81 bits per heavy atom. The Labute approximate surface area is 132 Å². The molecule has 0 unspecified atom stereocenters. The van der Waals surface area contributed by atoms with E-state index in [4.69, 9.17) is 31.8 Å². The van der Waals surface area contributed by atoms with Crippen LogP contribution in [0.3, 0.4) is 0 Å². The lowest BCUT2D eigenvalue weighted by Gasteiger charge is -2.11. The zero-order chi connectivity index (χ0) is 15.5. The molecule has 0 bridgehead atoms. The van der Waals surface area contributed by atoms with Gasteiger partial charge in [-0.25, -0.2) is 8.42 Å². The molecule has 0 saturated carbocycles. The van der Waals surface area contributed by atoms with Gasteiger partial charge < -0.3 is 9.47 Å². The molecule has 0 heterocycles. The van der Waals surface area contributed by atoms with Crippen molar-refractivity contribution < 1.29 is 17.9 Å². The van der Waals surface area contributed by atoms with Crippen LogP contribution in [-0.4, -0.2) is 15.5 Å². The minimum atomic E-state index is -3.81. The summed E-state index contributed by atoms with van der Waals surface area (Å²) in [5, 5.41) is 0.173. The van der Waals surface area contributed by atoms with Gasteiger partial charge in [0.15, 0.2) is 0 Å². The summed E-state index contributed by atoms with van der Waals surface area (Å²) in [6, 6.07) is 11.5. The predicted molar refractivity (Wildman–Crippen MR) is 81.8 cm³/mol. The summed E-state index contributed by atoms with van der Waals surface area (Å²) >= 11 is 6.00. The Morgan fingerprint density at radius 1 is 1.10 bits per heavy atom. The number of halogens is 2. The third-order valence-corrected chi connectivity index (χ3v) is 4.41. The maximum absolute atomic E-state index is 11.2. The molecule has 0 aliphatic rings. The highest BCUT2D eigenvalue weighted by Crippen LogP contribution is 2.30. The van der Waals surface area contributed by atoms with Crippen LogP contribution in [0, 0.1) is 0 Å². The molecule has 0 aliphatic carbocycles. The molecule has 0 atom stereocenters. The van der Waals surface area contributed by atoms with Gasteiger partial charge in [-0.2, -0.15) is 0 Å². The van der Waals surface area contributed by atoms with Crippen molar-refractivity contribution in [3.63, 3.8) is 0 Å². The number of ether oxygens (including phenoxy) is 2. The third-order valence-electron chi connectivity index (χ3n) is 2.76. The quantitative estimate of drug-likeness (QED) is 0.771. The molecular weight excluding hydrogens is 335 g/mol. The lowest BCUT2D eigenvalue weighted by atomic mass is 10.2. The zero-order valence-electron chi connectivity index (χ0n) is 11.0. The van der Waals surface area contributed by atoms with Gasteiger partial charge in [0.25, 0.3) is 9.05 Å². The maximum atomic E-state index is 11.2. The first kappa shape index (κ1) is 15.9. The van der Waals surface area contributed by atoms with E-state index in [1.807, 2.05) is 24.3 Å². The first-order valence-electron chi connectivity index (χ1n) is 5.90. The van der Waals surface area contributed by atoms with Crippen molar-refractivity contribution in [3.8, 4) is 11.5 Å². The van der Waals surface area contributed by atoms with Crippen molar-refractivity contribution in [3.05, 3.63) is 53.1 Å². The monoisotopic (exact) mass is 346 g/mol. The van der Waals surface area contributed by atoms with Crippen LogP contribution in [0.2, 0.25) is 5.02 Å². The van der Waals surface area contributed by atoms with Crippen LogP contribution >= 0.6 is 22.3 Å². The predicted octanol–water partition coefficient (Wildman–Crippen LogP) is 3.86. The van der Waals surface area contributed by atoms with Gasteiger partial charge in [0.1, 0.15) is 18.1 Å². The van der Waals surface area contributed by atoms with Crippen LogP contribution in [0.5, 0.6) is 11.5 Å². The molecule has 0 fully saturated rings. The number of para-hydroxylation sites is 1. The molecule has 0 N–H and O–H groups in total. The Morgan fingerprint density at radius 3 is 2.43 bits per heavy atom. The second-order valence-corrected chi connectivity index (χ2v) is 7.10. The maximum Gasteiger partial charge on any atom is 0.261 e. The molecular formula is C14H12Cl2O4S. The van der Waals surface area contributed by atoms with Crippen LogP contribution in [0.15, 0.2) is 47.4 Å². The first-order valence-corrected chi connectivity index (χ1v) is 8.59. The van der Waals surface area contributed by atoms with Crippen LogP contribution in [0.4, 0.5) is 0 Å². The molecule has 0 radical (unpaired) electrons. The molecule has 7 heteroatoms. The molecule has 112 valence electrons. The highest BCUT2D eigenvalue weighted by atomic mass is 35.7. The summed E-state index contributed by atoms with van der Waals surface area (Å²) in [7, 11) is 3.02. The van der Waals surface area contributed by atoms with Crippen molar-refractivity contribution in [2.24, 2.45) is 0 Å². The van der Waals surface area contributed by atoms with E-state index in [-0.39, 0.29) is 16.5 Å². The van der Waals surface area contributed by atoms with E-state index in [0.29, 0.717) is 11.5 Å². The number of rotatable bonds is 5. The van der Waals surface area contributed by atoms with Gasteiger partial charge in [0.05, 0.1) is 17.0 Å². The third kappa shape index (κ3) is 4.03. The normalized spacial score (nSPS) is 11.2. The van der Waals surface area contributed by atoms with E-state index in [2.05, 4.69) is 0 Å². The molecule has 0 spiro atoms. The minimum absolute atomic E-state index is 0.0705. The standard InChI is InChI=1S/C14H12Cl2O4S/c1-19-13-5-3-2-4-10(13)9-20-14-7-6-11(8-12(14)15)21(16,17)18/h2-8H,9H2,1H3. The molecule has 2 aromatic carbocycles. The SMILES string of the molecule is COc1ccccc1COc1ccc(S(=O)(=O)Cl)cc1Cl. The van der Waals surface area contributed by atoms with E-state index in [9.17, 15) is 8.42 Å². The molecule has 2 rings (SSSR count). The molecule has 0 aromatic heterocycles. The Balaban J connectivity index is 2.17. The van der Waals surface area contributed by atoms with Gasteiger partial charge in [-0.3, -0.25) is 0 Å². The fourth-order valence-electron chi connectivity index (χ4n) is 1.73. The van der Waals surface area contributed by atoms with Crippen LogP contribution < -0.4 is 9.47 Å². The van der Waals surface area contributed by atoms with Crippen molar-refractivity contribution in [1.82, 2.24) is 0 Å². The lowest BCUT2D eigenvalue weighted by molar-refractivity contribution is 0.296. The summed E-state index contributed by atoms with van der Waals surface area (Å²) in [4.78, 5) is -0.0705. The van der Waals surface area contributed by atoms with Crippen LogP contribution in [0.25, 0.3) is 0 Å². The average molecular weight is 347 g/mol. The van der Waals surface area contributed by atoms with Crippen molar-refractivity contribution >= 4 is 31.3 Å². The van der Waals surface area contributed by atoms with Gasteiger partial charge in [0, 0.05) is 16.2 Å². The van der Waals surface area contributed by atoms with Gasteiger partial charge in [-0.05, 0) is 24.3 Å². The van der Waals surface area contributed by atoms with Gasteiger partial charge >= 0.3 is 0 Å². The summed E-state index contributed by atoms with van der Waals surface area (Å²) in [6.07, 6.45) is 0. The molecule has 2 aromatic rings. The Bertz CT molecular complexity index is 744. The van der Waals surface area contributed by atoms with Crippen molar-refractivity contribution in [2.45, 2.75) is 11.5 Å². The van der Waals surface area contributed by atoms with Crippen molar-refractivity contribution in [2.75, 3.05) is 7.11 Å². The van der Waals surface area contributed by atoms with Gasteiger partial charge in [-0.15, -0.1) is 0 Å². The van der Waals surface area contributed by atoms with E-state index >= 15 is 0 Å². The van der Waals surface area contributed by atoms with Crippen molar-refractivity contribution in [1.29, 1.82) is 0 Å². The average Bonchev–Trinajstić information content (AvgIpc) is 2.45. The molecule has 0 saturated heterocycles. The highest BCUT2D eigenvalue weighted by Gasteiger charge is 2.13. The lowest BCUT2D eigenvalue weighted by Crippen LogP contribution is -1.99. The Hall–Kier alpha value is -1.43. The first-order chi connectivity index (χ1) is 9.91. The minimum Gasteiger partial charge on any atom is -0.496 e. The van der Waals surface area contributed by atoms with Crippen LogP contribution in [-0.2, 0) is 15.7 Å². The zero-order valence-corrected chi connectivity index (χ0v) is 13.4. The summed E-state index contributed by atoms with van der Waals surface area (Å²) < 4.78 is 33.2. The van der Waals surface area contributed by atoms with E-state index in [1.54, 1.807) is 7.11 Å². The molecule has 0 amide bonds. The summed E-state index contributed by atoms with van der Waals surface area (Å²) in [5.41, 5.74) is 0.852. The smallest absolute Gasteiger partial charge is 0.261 e. The number of methoxy groups -OCH3 is 1. The second-order valence-electron chi connectivity index (χ2n) is 4.13. The summed E-state index contributed by atoms with van der Waals surface area (Å²) in [5.74, 6) is 1.07. The summed E-state index contributed by atoms with van der Waals surface area (Å²) in [6.45, 7) is 0.247. The number of hydrogen-bond acceptors (Lipinski definition) is 4.